The van der Waals surface area contributed by atoms with Gasteiger partial charge in [0.1, 0.15) is 5.76 Å². The number of aryl methyl sites for hydroxylation is 1. The van der Waals surface area contributed by atoms with Crippen molar-refractivity contribution in [2.45, 2.75) is 23.7 Å². The Kier molecular flexibility index (Phi) is 3.75. The normalized spacial score (nSPS) is 11.8. The van der Waals surface area contributed by atoms with Crippen LogP contribution in [0.3, 0.4) is 0 Å². The number of rotatable bonds is 3. The van der Waals surface area contributed by atoms with E-state index in [-0.39, 0.29) is 5.69 Å². The number of hydrogen-bond donors (Lipinski definition) is 1. The second-order valence-electron chi connectivity index (χ2n) is 3.89. The Balaban J connectivity index is 2.12. The number of nitrogen functional groups attached to an aromatic ring is 1. The Labute approximate surface area is 112 Å². The molecular formula is C12H11F3N2OS. The first-order valence-corrected chi connectivity index (χ1v) is 6.35. The van der Waals surface area contributed by atoms with E-state index in [9.17, 15) is 13.2 Å². The van der Waals surface area contributed by atoms with Crippen molar-refractivity contribution in [3.8, 4) is 0 Å². The molecule has 0 saturated heterocycles. The summed E-state index contributed by atoms with van der Waals surface area (Å²) in [6.07, 6.45) is -3.04. The molecule has 3 nitrogen and oxygen atoms in total. The minimum atomic E-state index is -4.37. The minimum Gasteiger partial charge on any atom is -0.448 e. The number of nitrogens with two attached hydrogens (primary N) is 1. The summed E-state index contributed by atoms with van der Waals surface area (Å²) in [5, 5.41) is 0. The molecule has 2 aromatic rings. The highest BCUT2D eigenvalue weighted by Gasteiger charge is 2.30. The fourth-order valence-electron chi connectivity index (χ4n) is 1.47. The Morgan fingerprint density at radius 2 is 2.11 bits per heavy atom. The van der Waals surface area contributed by atoms with Gasteiger partial charge < -0.3 is 10.2 Å². The van der Waals surface area contributed by atoms with Crippen molar-refractivity contribution in [2.24, 2.45) is 0 Å². The van der Waals surface area contributed by atoms with Crippen LogP contribution in [0.1, 0.15) is 17.0 Å². The molecule has 1 aromatic carbocycles. The molecule has 2 N–H and O–H groups in total. The van der Waals surface area contributed by atoms with E-state index in [4.69, 9.17) is 10.2 Å². The lowest BCUT2D eigenvalue weighted by atomic mass is 10.2. The summed E-state index contributed by atoms with van der Waals surface area (Å²) >= 11 is 1.32. The summed E-state index contributed by atoms with van der Waals surface area (Å²) in [5.41, 5.74) is 5.75. The molecule has 1 heterocycles. The van der Waals surface area contributed by atoms with Gasteiger partial charge in [-0.3, -0.25) is 0 Å². The van der Waals surface area contributed by atoms with Gasteiger partial charge >= 0.3 is 6.18 Å². The standard InChI is InChI=1S/C12H11F3N2OS/c1-7-10(17-6-18-7)5-19-11-3-2-8(4-9(11)16)12(13,14)15/h2-4,6H,5,16H2,1H3. The predicted molar refractivity (Wildman–Crippen MR) is 66.7 cm³/mol. The van der Waals surface area contributed by atoms with Crippen LogP contribution in [-0.2, 0) is 11.9 Å². The van der Waals surface area contributed by atoms with E-state index >= 15 is 0 Å². The number of thioether (sulfide) groups is 1. The highest BCUT2D eigenvalue weighted by Crippen LogP contribution is 2.35. The molecule has 0 amide bonds. The molecule has 2 rings (SSSR count). The van der Waals surface area contributed by atoms with E-state index in [0.29, 0.717) is 16.4 Å². The van der Waals surface area contributed by atoms with Crippen LogP contribution in [0, 0.1) is 6.92 Å². The van der Waals surface area contributed by atoms with Gasteiger partial charge in [-0.25, -0.2) is 4.98 Å². The van der Waals surface area contributed by atoms with E-state index in [1.807, 2.05) is 0 Å². The zero-order valence-corrected chi connectivity index (χ0v) is 10.8. The quantitative estimate of drug-likeness (QED) is 0.688. The van der Waals surface area contributed by atoms with Gasteiger partial charge in [-0.15, -0.1) is 11.8 Å². The third kappa shape index (κ3) is 3.23. The van der Waals surface area contributed by atoms with Crippen LogP contribution in [-0.4, -0.2) is 4.98 Å². The maximum atomic E-state index is 12.5. The zero-order valence-electron chi connectivity index (χ0n) is 9.99. The van der Waals surface area contributed by atoms with Crippen LogP contribution in [0.15, 0.2) is 33.9 Å². The number of benzene rings is 1. The number of halogens is 3. The molecule has 0 unspecified atom stereocenters. The lowest BCUT2D eigenvalue weighted by molar-refractivity contribution is -0.137. The van der Waals surface area contributed by atoms with Crippen LogP contribution in [0.5, 0.6) is 0 Å². The monoisotopic (exact) mass is 288 g/mol. The molecule has 7 heteroatoms. The van der Waals surface area contributed by atoms with Gasteiger partial charge in [-0.1, -0.05) is 0 Å². The van der Waals surface area contributed by atoms with Gasteiger partial charge in [0, 0.05) is 16.3 Å². The lowest BCUT2D eigenvalue weighted by Crippen LogP contribution is -2.05. The second-order valence-corrected chi connectivity index (χ2v) is 4.91. The molecule has 0 atom stereocenters. The number of anilines is 1. The number of aromatic nitrogens is 1. The maximum absolute atomic E-state index is 12.5. The first-order valence-electron chi connectivity index (χ1n) is 5.36. The van der Waals surface area contributed by atoms with E-state index in [1.54, 1.807) is 6.92 Å². The second kappa shape index (κ2) is 5.16. The SMILES string of the molecule is Cc1ocnc1CSc1ccc(C(F)(F)F)cc1N. The molecule has 0 aliphatic rings. The van der Waals surface area contributed by atoms with Crippen molar-refractivity contribution in [3.05, 3.63) is 41.6 Å². The van der Waals surface area contributed by atoms with Gasteiger partial charge in [-0.05, 0) is 25.1 Å². The zero-order chi connectivity index (χ0) is 14.0. The first kappa shape index (κ1) is 13.8. The lowest BCUT2D eigenvalue weighted by Gasteiger charge is -2.10. The van der Waals surface area contributed by atoms with Crippen LogP contribution >= 0.6 is 11.8 Å². The number of alkyl halides is 3. The van der Waals surface area contributed by atoms with Crippen molar-refractivity contribution in [1.82, 2.24) is 4.98 Å². The molecule has 0 spiro atoms. The highest BCUT2D eigenvalue weighted by atomic mass is 32.2. The van der Waals surface area contributed by atoms with Crippen LogP contribution < -0.4 is 5.73 Å². The number of hydrogen-bond acceptors (Lipinski definition) is 4. The summed E-state index contributed by atoms with van der Waals surface area (Å²) in [7, 11) is 0. The fraction of sp³-hybridized carbons (Fsp3) is 0.250. The molecule has 1 aromatic heterocycles. The molecule has 0 saturated carbocycles. The third-order valence-electron chi connectivity index (χ3n) is 2.55. The molecule has 0 bridgehead atoms. The summed E-state index contributed by atoms with van der Waals surface area (Å²) in [6.45, 7) is 1.78. The van der Waals surface area contributed by atoms with E-state index in [2.05, 4.69) is 4.98 Å². The first-order chi connectivity index (χ1) is 8.88. The van der Waals surface area contributed by atoms with Gasteiger partial charge in [0.05, 0.1) is 11.3 Å². The summed E-state index contributed by atoms with van der Waals surface area (Å²) in [4.78, 5) is 4.60. The largest absolute Gasteiger partial charge is 0.448 e. The summed E-state index contributed by atoms with van der Waals surface area (Å²) in [6, 6.07) is 3.34. The van der Waals surface area contributed by atoms with Gasteiger partial charge in [0.15, 0.2) is 6.39 Å². The summed E-state index contributed by atoms with van der Waals surface area (Å²) < 4.78 is 42.5. The molecule has 102 valence electrons. The Morgan fingerprint density at radius 3 is 2.63 bits per heavy atom. The minimum absolute atomic E-state index is 0.112. The van der Waals surface area contributed by atoms with Gasteiger partial charge in [0.2, 0.25) is 0 Å². The summed E-state index contributed by atoms with van der Waals surface area (Å²) in [5.74, 6) is 1.19. The number of nitrogens with zero attached hydrogens (tertiary/aromatic N) is 1. The molecule has 0 fully saturated rings. The smallest absolute Gasteiger partial charge is 0.416 e. The topological polar surface area (TPSA) is 52.0 Å². The van der Waals surface area contributed by atoms with Crippen LogP contribution in [0.4, 0.5) is 18.9 Å². The van der Waals surface area contributed by atoms with Gasteiger partial charge in [0.25, 0.3) is 0 Å². The van der Waals surface area contributed by atoms with Crippen molar-refractivity contribution in [3.63, 3.8) is 0 Å². The Morgan fingerprint density at radius 1 is 1.37 bits per heavy atom. The Hall–Kier alpha value is -1.63. The molecule has 0 aliphatic carbocycles. The van der Waals surface area contributed by atoms with Crippen LogP contribution in [0.2, 0.25) is 0 Å². The molecule has 19 heavy (non-hydrogen) atoms. The number of oxazole rings is 1. The average molecular weight is 288 g/mol. The third-order valence-corrected chi connectivity index (χ3v) is 3.65. The van der Waals surface area contributed by atoms with Crippen LogP contribution in [0.25, 0.3) is 0 Å². The van der Waals surface area contributed by atoms with Crippen molar-refractivity contribution < 1.29 is 17.6 Å². The maximum Gasteiger partial charge on any atom is 0.416 e. The Bertz CT molecular complexity index is 581. The van der Waals surface area contributed by atoms with E-state index in [0.717, 1.165) is 17.8 Å². The van der Waals surface area contributed by atoms with Crippen molar-refractivity contribution >= 4 is 17.4 Å². The molecular weight excluding hydrogens is 277 g/mol. The van der Waals surface area contributed by atoms with Crippen molar-refractivity contribution in [1.29, 1.82) is 0 Å². The van der Waals surface area contributed by atoms with Gasteiger partial charge in [-0.2, -0.15) is 13.2 Å². The molecule has 0 aliphatic heterocycles. The predicted octanol–water partition coefficient (Wildman–Crippen LogP) is 3.88. The van der Waals surface area contributed by atoms with Crippen molar-refractivity contribution in [2.75, 3.05) is 5.73 Å². The fourth-order valence-corrected chi connectivity index (χ4v) is 2.43. The average Bonchev–Trinajstić information content (AvgIpc) is 2.72. The van der Waals surface area contributed by atoms with E-state index in [1.165, 1.54) is 24.2 Å². The van der Waals surface area contributed by atoms with E-state index < -0.39 is 11.7 Å². The molecule has 0 radical (unpaired) electrons. The highest BCUT2D eigenvalue weighted by molar-refractivity contribution is 7.98.